The largest absolute Gasteiger partial charge is 0.481 e. The van der Waals surface area contributed by atoms with Crippen LogP contribution in [0, 0.1) is 13.8 Å². The molecule has 5 heteroatoms. The molecule has 2 N–H and O–H groups in total. The van der Waals surface area contributed by atoms with Crippen LogP contribution in [0.15, 0.2) is 12.1 Å². The number of carbonyl (C=O) groups is 2. The summed E-state index contributed by atoms with van der Waals surface area (Å²) in [6.07, 6.45) is -0.619. The van der Waals surface area contributed by atoms with Gasteiger partial charge in [0.15, 0.2) is 5.60 Å². The Hall–Kier alpha value is -1.88. The van der Waals surface area contributed by atoms with Gasteiger partial charge < -0.3 is 15.1 Å². The molecule has 0 saturated heterocycles. The topological polar surface area (TPSA) is 77.8 Å². The summed E-state index contributed by atoms with van der Waals surface area (Å²) in [5.41, 5.74) is 0.913. The van der Waals surface area contributed by atoms with Gasteiger partial charge in [-0.1, -0.05) is 12.1 Å². The van der Waals surface area contributed by atoms with E-state index in [1.165, 1.54) is 4.90 Å². The van der Waals surface area contributed by atoms with Gasteiger partial charge in [-0.3, -0.25) is 9.59 Å². The molecule has 0 radical (unpaired) electrons. The third-order valence-corrected chi connectivity index (χ3v) is 3.55. The second kappa shape index (κ2) is 3.81. The van der Waals surface area contributed by atoms with Gasteiger partial charge in [-0.25, -0.2) is 0 Å². The highest BCUT2D eigenvalue weighted by Crippen LogP contribution is 2.44. The summed E-state index contributed by atoms with van der Waals surface area (Å²) in [6.45, 7) is 3.76. The number of aryl methyl sites for hydroxylation is 1. The highest BCUT2D eigenvalue weighted by molar-refractivity contribution is 6.08. The van der Waals surface area contributed by atoms with Crippen molar-refractivity contribution in [1.29, 1.82) is 0 Å². The fraction of sp³-hybridized carbons (Fsp3) is 0.385. The minimum atomic E-state index is -1.95. The number of hydrogen-bond donors (Lipinski definition) is 2. The normalized spacial score (nSPS) is 22.2. The average Bonchev–Trinajstić information content (AvgIpc) is 2.45. The lowest BCUT2D eigenvalue weighted by Gasteiger charge is -2.19. The van der Waals surface area contributed by atoms with Crippen molar-refractivity contribution in [2.75, 3.05) is 11.9 Å². The van der Waals surface area contributed by atoms with Crippen molar-refractivity contribution in [2.24, 2.45) is 0 Å². The lowest BCUT2D eigenvalue weighted by atomic mass is 9.90. The number of carboxylic acid groups (broad SMARTS) is 1. The van der Waals surface area contributed by atoms with E-state index in [0.717, 1.165) is 11.1 Å². The minimum absolute atomic E-state index is 0.375. The quantitative estimate of drug-likeness (QED) is 0.817. The molecule has 1 aliphatic rings. The molecule has 2 rings (SSSR count). The number of amides is 1. The number of likely N-dealkylation sites (N-methyl/N-ethyl adjacent to an activating group) is 1. The molecule has 0 aliphatic carbocycles. The van der Waals surface area contributed by atoms with Crippen molar-refractivity contribution in [3.05, 3.63) is 28.8 Å². The van der Waals surface area contributed by atoms with Crippen LogP contribution in [0.2, 0.25) is 0 Å². The standard InChI is InChI=1S/C13H15NO4/c1-7-4-5-9-11(8(7)2)14(3)12(17)13(9,18)6-10(15)16/h4-5,18H,6H2,1-3H3,(H,15,16). The van der Waals surface area contributed by atoms with Gasteiger partial charge in [-0.15, -0.1) is 0 Å². The molecule has 5 nitrogen and oxygen atoms in total. The summed E-state index contributed by atoms with van der Waals surface area (Å²) in [5.74, 6) is -1.79. The Bertz CT molecular complexity index is 552. The molecule has 0 aromatic heterocycles. The van der Waals surface area contributed by atoms with E-state index < -0.39 is 23.9 Å². The first-order chi connectivity index (χ1) is 8.29. The second-order valence-corrected chi connectivity index (χ2v) is 4.70. The highest BCUT2D eigenvalue weighted by atomic mass is 16.4. The molecule has 1 aromatic rings. The van der Waals surface area contributed by atoms with Crippen LogP contribution >= 0.6 is 0 Å². The van der Waals surface area contributed by atoms with Crippen molar-refractivity contribution in [1.82, 2.24) is 0 Å². The van der Waals surface area contributed by atoms with Crippen molar-refractivity contribution >= 4 is 17.6 Å². The predicted octanol–water partition coefficient (Wildman–Crippen LogP) is 0.942. The lowest BCUT2D eigenvalue weighted by Crippen LogP contribution is -2.40. The van der Waals surface area contributed by atoms with Gasteiger partial charge in [-0.2, -0.15) is 0 Å². The van der Waals surface area contributed by atoms with Crippen molar-refractivity contribution < 1.29 is 19.8 Å². The van der Waals surface area contributed by atoms with E-state index in [0.29, 0.717) is 11.3 Å². The molecule has 0 fully saturated rings. The van der Waals surface area contributed by atoms with Gasteiger partial charge in [0.05, 0.1) is 12.1 Å². The zero-order chi connectivity index (χ0) is 13.7. The van der Waals surface area contributed by atoms with E-state index in [9.17, 15) is 14.7 Å². The molecule has 1 amide bonds. The maximum absolute atomic E-state index is 12.1. The molecule has 0 saturated carbocycles. The average molecular weight is 249 g/mol. The maximum Gasteiger partial charge on any atom is 0.307 e. The smallest absolute Gasteiger partial charge is 0.307 e. The van der Waals surface area contributed by atoms with Crippen molar-refractivity contribution in [2.45, 2.75) is 25.9 Å². The van der Waals surface area contributed by atoms with Crippen LogP contribution in [0.4, 0.5) is 5.69 Å². The fourth-order valence-electron chi connectivity index (χ4n) is 2.45. The Morgan fingerprint density at radius 3 is 2.56 bits per heavy atom. The highest BCUT2D eigenvalue weighted by Gasteiger charge is 2.50. The first-order valence-electron chi connectivity index (χ1n) is 5.62. The number of aliphatic carboxylic acids is 1. The molecule has 18 heavy (non-hydrogen) atoms. The van der Waals surface area contributed by atoms with Crippen LogP contribution in [0.25, 0.3) is 0 Å². The summed E-state index contributed by atoms with van der Waals surface area (Å²) in [6, 6.07) is 3.41. The molecular formula is C13H15NO4. The van der Waals surface area contributed by atoms with Gasteiger partial charge >= 0.3 is 5.97 Å². The van der Waals surface area contributed by atoms with Gasteiger partial charge in [0, 0.05) is 12.6 Å². The number of carboxylic acids is 1. The number of anilines is 1. The zero-order valence-corrected chi connectivity index (χ0v) is 10.5. The summed E-state index contributed by atoms with van der Waals surface area (Å²) in [5, 5.41) is 19.3. The Morgan fingerprint density at radius 1 is 1.39 bits per heavy atom. The Morgan fingerprint density at radius 2 is 2.00 bits per heavy atom. The van der Waals surface area contributed by atoms with Gasteiger partial charge in [0.2, 0.25) is 0 Å². The summed E-state index contributed by atoms with van der Waals surface area (Å²) in [7, 11) is 1.55. The summed E-state index contributed by atoms with van der Waals surface area (Å²) >= 11 is 0. The Kier molecular flexibility index (Phi) is 2.66. The number of aliphatic hydroxyl groups is 1. The Labute approximate surface area is 105 Å². The van der Waals surface area contributed by atoms with Gasteiger partial charge in [0.25, 0.3) is 5.91 Å². The molecule has 0 spiro atoms. The van der Waals surface area contributed by atoms with Crippen molar-refractivity contribution in [3.8, 4) is 0 Å². The van der Waals surface area contributed by atoms with E-state index in [2.05, 4.69) is 0 Å². The molecule has 96 valence electrons. The van der Waals surface area contributed by atoms with E-state index in [1.807, 2.05) is 13.8 Å². The van der Waals surface area contributed by atoms with E-state index in [1.54, 1.807) is 19.2 Å². The van der Waals surface area contributed by atoms with Gasteiger partial charge in [0.1, 0.15) is 0 Å². The molecule has 1 aromatic carbocycles. The minimum Gasteiger partial charge on any atom is -0.481 e. The third kappa shape index (κ3) is 1.51. The number of benzene rings is 1. The molecule has 0 bridgehead atoms. The molecule has 1 aliphatic heterocycles. The predicted molar refractivity (Wildman–Crippen MR) is 65.5 cm³/mol. The maximum atomic E-state index is 12.1. The molecule has 1 atom stereocenters. The second-order valence-electron chi connectivity index (χ2n) is 4.70. The van der Waals surface area contributed by atoms with Crippen LogP contribution in [0.1, 0.15) is 23.1 Å². The van der Waals surface area contributed by atoms with Gasteiger partial charge in [-0.05, 0) is 25.0 Å². The number of fused-ring (bicyclic) bond motifs is 1. The van der Waals surface area contributed by atoms with Crippen LogP contribution < -0.4 is 4.90 Å². The molecular weight excluding hydrogens is 234 g/mol. The number of nitrogens with zero attached hydrogens (tertiary/aromatic N) is 1. The number of rotatable bonds is 2. The van der Waals surface area contributed by atoms with E-state index in [-0.39, 0.29) is 0 Å². The van der Waals surface area contributed by atoms with E-state index >= 15 is 0 Å². The number of carbonyl (C=O) groups excluding carboxylic acids is 1. The fourth-order valence-corrected chi connectivity index (χ4v) is 2.45. The molecule has 1 heterocycles. The zero-order valence-electron chi connectivity index (χ0n) is 10.5. The molecule has 1 unspecified atom stereocenters. The van der Waals surface area contributed by atoms with Crippen LogP contribution in [-0.4, -0.2) is 29.1 Å². The number of hydrogen-bond acceptors (Lipinski definition) is 3. The Balaban J connectivity index is 2.67. The van der Waals surface area contributed by atoms with Crippen LogP contribution in [-0.2, 0) is 15.2 Å². The van der Waals surface area contributed by atoms with Crippen LogP contribution in [0.5, 0.6) is 0 Å². The first-order valence-corrected chi connectivity index (χ1v) is 5.62. The SMILES string of the molecule is Cc1ccc2c(c1C)N(C)C(=O)C2(O)CC(=O)O. The first kappa shape index (κ1) is 12.6. The van der Waals surface area contributed by atoms with Crippen LogP contribution in [0.3, 0.4) is 0 Å². The lowest BCUT2D eigenvalue weighted by molar-refractivity contribution is -0.150. The summed E-state index contributed by atoms with van der Waals surface area (Å²) < 4.78 is 0. The third-order valence-electron chi connectivity index (χ3n) is 3.55. The van der Waals surface area contributed by atoms with E-state index in [4.69, 9.17) is 5.11 Å². The van der Waals surface area contributed by atoms with Crippen molar-refractivity contribution in [3.63, 3.8) is 0 Å². The summed E-state index contributed by atoms with van der Waals surface area (Å²) in [4.78, 5) is 24.3. The monoisotopic (exact) mass is 249 g/mol.